The Bertz CT molecular complexity index is 1110. The van der Waals surface area contributed by atoms with Gasteiger partial charge in [0.1, 0.15) is 5.75 Å². The molecule has 5 rings (SSSR count). The molecule has 2 saturated heterocycles. The van der Waals surface area contributed by atoms with E-state index in [9.17, 15) is 4.79 Å². The Morgan fingerprint density at radius 2 is 1.71 bits per heavy atom. The number of amides is 1. The molecule has 2 aromatic carbocycles. The topological polar surface area (TPSA) is 45.2 Å². The Morgan fingerprint density at radius 1 is 0.943 bits per heavy atom. The van der Waals surface area contributed by atoms with Crippen LogP contribution >= 0.6 is 11.3 Å². The molecule has 3 aromatic rings. The molecule has 0 saturated carbocycles. The van der Waals surface area contributed by atoms with Gasteiger partial charge in [0.2, 0.25) is 0 Å². The first-order valence-corrected chi connectivity index (χ1v) is 13.2. The minimum Gasteiger partial charge on any atom is -0.497 e. The van der Waals surface area contributed by atoms with Crippen LogP contribution in [0.2, 0.25) is 0 Å². The van der Waals surface area contributed by atoms with Crippen LogP contribution in [0.4, 0.5) is 5.00 Å². The number of anilines is 1. The lowest BCUT2D eigenvalue weighted by Crippen LogP contribution is -2.36. The Morgan fingerprint density at radius 3 is 2.46 bits per heavy atom. The number of nitrogens with zero attached hydrogens (tertiary/aromatic N) is 3. The van der Waals surface area contributed by atoms with Gasteiger partial charge in [0.15, 0.2) is 0 Å². The average molecular weight is 492 g/mol. The van der Waals surface area contributed by atoms with E-state index in [-0.39, 0.29) is 5.91 Å². The number of morpholine rings is 1. The second-order valence-electron chi connectivity index (χ2n) is 9.06. The van der Waals surface area contributed by atoms with Crippen LogP contribution in [-0.2, 0) is 11.3 Å². The monoisotopic (exact) mass is 491 g/mol. The number of carbonyl (C=O) groups excluding carboxylic acids is 1. The second kappa shape index (κ2) is 11.2. The van der Waals surface area contributed by atoms with Crippen molar-refractivity contribution in [2.24, 2.45) is 0 Å². The van der Waals surface area contributed by atoms with Crippen molar-refractivity contribution >= 4 is 22.2 Å². The minimum absolute atomic E-state index is 0.151. The highest BCUT2D eigenvalue weighted by atomic mass is 32.1. The van der Waals surface area contributed by atoms with E-state index >= 15 is 0 Å². The summed E-state index contributed by atoms with van der Waals surface area (Å²) in [6.45, 7) is 7.49. The van der Waals surface area contributed by atoms with Crippen molar-refractivity contribution in [1.82, 2.24) is 9.80 Å². The van der Waals surface area contributed by atoms with Crippen molar-refractivity contribution in [2.45, 2.75) is 13.0 Å². The zero-order chi connectivity index (χ0) is 24.0. The number of thiophene rings is 1. The molecule has 0 unspecified atom stereocenters. The highest BCUT2D eigenvalue weighted by Crippen LogP contribution is 2.40. The van der Waals surface area contributed by atoms with Gasteiger partial charge in [-0.05, 0) is 35.7 Å². The van der Waals surface area contributed by atoms with Crippen molar-refractivity contribution in [3.8, 4) is 16.9 Å². The summed E-state index contributed by atoms with van der Waals surface area (Å²) >= 11 is 1.63. The van der Waals surface area contributed by atoms with Crippen molar-refractivity contribution in [3.05, 3.63) is 71.1 Å². The lowest BCUT2D eigenvalue weighted by molar-refractivity contribution is 0.0766. The first-order chi connectivity index (χ1) is 17.2. The maximum Gasteiger partial charge on any atom is 0.264 e. The Balaban J connectivity index is 1.30. The molecule has 0 aliphatic carbocycles. The van der Waals surface area contributed by atoms with Gasteiger partial charge in [0.05, 0.1) is 30.2 Å². The Hall–Kier alpha value is -2.87. The Labute approximate surface area is 211 Å². The molecule has 0 spiro atoms. The first kappa shape index (κ1) is 23.9. The molecule has 6 nitrogen and oxygen atoms in total. The Kier molecular flexibility index (Phi) is 7.66. The van der Waals surface area contributed by atoms with Gasteiger partial charge in [0.25, 0.3) is 5.91 Å². The van der Waals surface area contributed by atoms with Crippen LogP contribution in [-0.4, -0.2) is 75.3 Å². The lowest BCUT2D eigenvalue weighted by Gasteiger charge is -2.28. The molecular formula is C28H33N3O3S. The van der Waals surface area contributed by atoms with Gasteiger partial charge in [0, 0.05) is 51.4 Å². The maximum atomic E-state index is 13.6. The summed E-state index contributed by atoms with van der Waals surface area (Å²) in [5, 5.41) is 1.18. The summed E-state index contributed by atoms with van der Waals surface area (Å²) in [6.07, 6.45) is 0.981. The molecule has 2 fully saturated rings. The fraction of sp³-hybridized carbons (Fsp3) is 0.393. The van der Waals surface area contributed by atoms with E-state index in [1.807, 2.05) is 23.1 Å². The van der Waals surface area contributed by atoms with Crippen LogP contribution in [0, 0.1) is 0 Å². The third-order valence-corrected chi connectivity index (χ3v) is 7.93. The predicted octanol–water partition coefficient (Wildman–Crippen LogP) is 4.61. The summed E-state index contributed by atoms with van der Waals surface area (Å²) in [6, 6.07) is 20.8. The molecule has 2 aliphatic rings. The van der Waals surface area contributed by atoms with Gasteiger partial charge in [-0.2, -0.15) is 0 Å². The molecule has 35 heavy (non-hydrogen) atoms. The van der Waals surface area contributed by atoms with E-state index < -0.39 is 0 Å². The van der Waals surface area contributed by atoms with Crippen molar-refractivity contribution in [2.75, 3.05) is 64.5 Å². The average Bonchev–Trinajstić information content (AvgIpc) is 3.24. The zero-order valence-electron chi connectivity index (χ0n) is 20.3. The molecule has 2 aliphatic heterocycles. The molecule has 0 bridgehead atoms. The minimum atomic E-state index is 0.151. The van der Waals surface area contributed by atoms with E-state index in [1.54, 1.807) is 18.4 Å². The number of benzene rings is 2. The van der Waals surface area contributed by atoms with Crippen LogP contribution in [0.1, 0.15) is 21.7 Å². The zero-order valence-corrected chi connectivity index (χ0v) is 21.1. The van der Waals surface area contributed by atoms with E-state index in [4.69, 9.17) is 9.47 Å². The maximum absolute atomic E-state index is 13.6. The third kappa shape index (κ3) is 5.69. The van der Waals surface area contributed by atoms with Crippen LogP contribution in [0.5, 0.6) is 5.75 Å². The number of methoxy groups -OCH3 is 1. The van der Waals surface area contributed by atoms with Gasteiger partial charge >= 0.3 is 0 Å². The van der Waals surface area contributed by atoms with Gasteiger partial charge < -0.3 is 19.3 Å². The van der Waals surface area contributed by atoms with Crippen molar-refractivity contribution in [1.29, 1.82) is 0 Å². The largest absolute Gasteiger partial charge is 0.497 e. The van der Waals surface area contributed by atoms with Crippen molar-refractivity contribution < 1.29 is 14.3 Å². The van der Waals surface area contributed by atoms with Crippen LogP contribution in [0.3, 0.4) is 0 Å². The summed E-state index contributed by atoms with van der Waals surface area (Å²) < 4.78 is 10.8. The highest BCUT2D eigenvalue weighted by Gasteiger charge is 2.26. The first-order valence-electron chi connectivity index (χ1n) is 12.4. The smallest absolute Gasteiger partial charge is 0.264 e. The van der Waals surface area contributed by atoms with E-state index in [1.165, 1.54) is 10.6 Å². The van der Waals surface area contributed by atoms with Crippen LogP contribution in [0.15, 0.2) is 60.7 Å². The normalized spacial score (nSPS) is 17.3. The number of hydrogen-bond donors (Lipinski definition) is 0. The molecule has 0 radical (unpaired) electrons. The third-order valence-electron chi connectivity index (χ3n) is 6.75. The number of rotatable bonds is 6. The number of hydrogen-bond acceptors (Lipinski definition) is 6. The fourth-order valence-corrected chi connectivity index (χ4v) is 5.99. The standard InChI is InChI=1S/C28H33N3O3S/c1-33-24-10-8-22(9-11-24)21-29-12-5-13-30(15-14-29)27(32)26-20-25(23-6-3-2-4-7-23)28(35-26)31-16-18-34-19-17-31/h2-4,6-11,20H,5,12-19,21H2,1H3. The lowest BCUT2D eigenvalue weighted by atomic mass is 10.1. The molecule has 1 amide bonds. The fourth-order valence-electron chi connectivity index (χ4n) is 4.79. The molecule has 0 atom stereocenters. The summed E-state index contributed by atoms with van der Waals surface area (Å²) in [5.74, 6) is 1.03. The highest BCUT2D eigenvalue weighted by molar-refractivity contribution is 7.18. The number of ether oxygens (including phenoxy) is 2. The number of carbonyl (C=O) groups is 1. The molecule has 1 aromatic heterocycles. The second-order valence-corrected chi connectivity index (χ2v) is 10.1. The van der Waals surface area contributed by atoms with E-state index in [2.05, 4.69) is 52.3 Å². The van der Waals surface area contributed by atoms with E-state index in [0.717, 1.165) is 87.2 Å². The molecule has 184 valence electrons. The van der Waals surface area contributed by atoms with Gasteiger partial charge in [-0.1, -0.05) is 42.5 Å². The molecule has 0 N–H and O–H groups in total. The summed E-state index contributed by atoms with van der Waals surface area (Å²) in [7, 11) is 1.69. The van der Waals surface area contributed by atoms with Gasteiger partial charge in [-0.25, -0.2) is 0 Å². The predicted molar refractivity (Wildman–Crippen MR) is 142 cm³/mol. The van der Waals surface area contributed by atoms with Gasteiger partial charge in [-0.3, -0.25) is 9.69 Å². The summed E-state index contributed by atoms with van der Waals surface area (Å²) in [5.41, 5.74) is 3.58. The molecular weight excluding hydrogens is 458 g/mol. The van der Waals surface area contributed by atoms with Crippen molar-refractivity contribution in [3.63, 3.8) is 0 Å². The van der Waals surface area contributed by atoms with Crippen LogP contribution < -0.4 is 9.64 Å². The SMILES string of the molecule is COc1ccc(CN2CCCN(C(=O)c3cc(-c4ccccc4)c(N4CCOCC4)s3)CC2)cc1. The molecule has 3 heterocycles. The molecule has 7 heteroatoms. The van der Waals surface area contributed by atoms with Crippen LogP contribution in [0.25, 0.3) is 11.1 Å². The quantitative estimate of drug-likeness (QED) is 0.504. The van der Waals surface area contributed by atoms with Gasteiger partial charge in [-0.15, -0.1) is 11.3 Å². The summed E-state index contributed by atoms with van der Waals surface area (Å²) in [4.78, 5) is 21.3. The van der Waals surface area contributed by atoms with E-state index in [0.29, 0.717) is 0 Å².